The topological polar surface area (TPSA) is 204 Å². The third kappa shape index (κ3) is 13.0. The normalized spacial score (nSPS) is 14.1. The Balaban J connectivity index is 0.000000295. The van der Waals surface area contributed by atoms with Gasteiger partial charge in [0.1, 0.15) is 23.1 Å². The van der Waals surface area contributed by atoms with Gasteiger partial charge >= 0.3 is 13.2 Å². The Morgan fingerprint density at radius 2 is 1.31 bits per heavy atom. The van der Waals surface area contributed by atoms with Gasteiger partial charge in [0.2, 0.25) is 18.1 Å². The number of ketones is 2. The molecule has 0 fully saturated rings. The van der Waals surface area contributed by atoms with Gasteiger partial charge in [0.25, 0.3) is 5.91 Å². The second-order valence-corrected chi connectivity index (χ2v) is 12.8. The second kappa shape index (κ2) is 22.7. The number of ether oxygens (including phenoxy) is 2. The molecule has 0 radical (unpaired) electrons. The molecule has 61 heavy (non-hydrogen) atoms. The van der Waals surface area contributed by atoms with E-state index < -0.39 is 47.9 Å². The third-order valence-electron chi connectivity index (χ3n) is 8.77. The molecular weight excluding hydrogens is 811 g/mol. The summed E-state index contributed by atoms with van der Waals surface area (Å²) in [5.41, 5.74) is 15.4. The predicted molar refractivity (Wildman–Crippen MR) is 213 cm³/mol. The molecule has 1 unspecified atom stereocenters. The number of nitrogens with zero attached hydrogens (tertiary/aromatic N) is 5. The number of aryl methyl sites for hydroxylation is 2. The molecular formula is C42H40F6N8O5. The quantitative estimate of drug-likeness (QED) is 0.0226. The van der Waals surface area contributed by atoms with Crippen molar-refractivity contribution < 1.29 is 50.2 Å². The fourth-order valence-corrected chi connectivity index (χ4v) is 5.72. The first-order valence-corrected chi connectivity index (χ1v) is 18.1. The molecule has 1 aliphatic rings. The largest absolute Gasteiger partial charge is 0.435 e. The number of hydrogen-bond donors (Lipinski definition) is 3. The van der Waals surface area contributed by atoms with Gasteiger partial charge in [0, 0.05) is 38.1 Å². The van der Waals surface area contributed by atoms with Crippen molar-refractivity contribution in [3.8, 4) is 17.6 Å². The lowest BCUT2D eigenvalue weighted by atomic mass is 9.82. The van der Waals surface area contributed by atoms with Crippen molar-refractivity contribution in [1.82, 2.24) is 4.90 Å². The molecule has 1 amide bonds. The van der Waals surface area contributed by atoms with Gasteiger partial charge in [0.05, 0.1) is 6.07 Å². The first-order valence-electron chi connectivity index (χ1n) is 18.1. The minimum Gasteiger partial charge on any atom is -0.435 e. The van der Waals surface area contributed by atoms with Gasteiger partial charge in [0.15, 0.2) is 17.5 Å². The SMILES string of the molecule is CN=C(N)N.N#CCCCc1cc(C(=O)C(=O)c2ccc(OC(F)F)cc2)ccc1F.[C-]#[N+]CCCc1cc(C2(c3ccc(OC(F)F)cc3)N=C(N)N(C)C2=O)ccc1F. The van der Waals surface area contributed by atoms with E-state index in [2.05, 4.69) is 24.3 Å². The van der Waals surface area contributed by atoms with E-state index in [0.29, 0.717) is 36.0 Å². The standard InChI is InChI=1S/C21H19F3N4O2.C19H14F3NO3.C2H7N3/c1-26-11-3-4-13-12-15(7-10-17(13)22)21(18(29)28(2)20(25)27-21)14-5-8-16(9-6-14)30-19(23)24;20-16-9-6-14(11-13(16)3-1-2-10-23)18(25)17(24)12-4-7-15(8-5-12)26-19(21)22;1-5-2(3)4/h5-10,12,19H,3-4,11H2,2H3,(H2,25,27);4-9,11,19H,1-3H2;1H3,(H4,3,4,5). The van der Waals surface area contributed by atoms with Crippen LogP contribution in [-0.4, -0.2) is 68.2 Å². The lowest BCUT2D eigenvalue weighted by Crippen LogP contribution is -2.41. The maximum Gasteiger partial charge on any atom is 0.387 e. The summed E-state index contributed by atoms with van der Waals surface area (Å²) in [6, 6.07) is 20.0. The molecule has 1 aliphatic heterocycles. The number of nitrogens with two attached hydrogens (primary N) is 3. The molecule has 5 rings (SSSR count). The van der Waals surface area contributed by atoms with Crippen LogP contribution in [-0.2, 0) is 23.2 Å². The van der Waals surface area contributed by atoms with E-state index in [9.17, 15) is 40.7 Å². The fourth-order valence-electron chi connectivity index (χ4n) is 5.72. The zero-order chi connectivity index (χ0) is 45.3. The number of carbonyl (C=O) groups is 3. The van der Waals surface area contributed by atoms with Crippen LogP contribution >= 0.6 is 0 Å². The average Bonchev–Trinajstić information content (AvgIpc) is 3.46. The molecule has 0 saturated heterocycles. The van der Waals surface area contributed by atoms with E-state index in [1.807, 2.05) is 6.07 Å². The number of hydrogen-bond acceptors (Lipinski definition) is 9. The highest BCUT2D eigenvalue weighted by Crippen LogP contribution is 2.40. The molecule has 320 valence electrons. The number of likely N-dealkylation sites (N-methyl/N-ethyl adjacent to an activating group) is 1. The van der Waals surface area contributed by atoms with E-state index >= 15 is 0 Å². The minimum absolute atomic E-state index is 0.00646. The molecule has 4 aromatic carbocycles. The monoisotopic (exact) mass is 850 g/mol. The van der Waals surface area contributed by atoms with Crippen LogP contribution in [0.4, 0.5) is 26.3 Å². The Labute approximate surface area is 346 Å². The highest BCUT2D eigenvalue weighted by Gasteiger charge is 2.49. The number of unbranched alkanes of at least 4 members (excludes halogenated alkanes) is 1. The van der Waals surface area contributed by atoms with Crippen LogP contribution in [0.5, 0.6) is 11.5 Å². The molecule has 19 heteroatoms. The van der Waals surface area contributed by atoms with Crippen LogP contribution in [0.1, 0.15) is 62.2 Å². The van der Waals surface area contributed by atoms with Gasteiger partial charge in [-0.25, -0.2) is 20.3 Å². The van der Waals surface area contributed by atoms with Crippen molar-refractivity contribution in [2.24, 2.45) is 27.2 Å². The number of carbonyl (C=O) groups excluding carboxylic acids is 3. The molecule has 0 spiro atoms. The summed E-state index contributed by atoms with van der Waals surface area (Å²) in [7, 11) is 3.01. The Bertz CT molecular complexity index is 2310. The van der Waals surface area contributed by atoms with Crippen LogP contribution in [0, 0.1) is 29.5 Å². The van der Waals surface area contributed by atoms with E-state index in [0.717, 1.165) is 18.2 Å². The lowest BCUT2D eigenvalue weighted by Gasteiger charge is -2.27. The number of alkyl halides is 4. The first kappa shape index (κ1) is 48.0. The number of guanidine groups is 2. The molecule has 0 aromatic heterocycles. The van der Waals surface area contributed by atoms with E-state index in [4.69, 9.17) is 29.0 Å². The molecule has 1 heterocycles. The molecule has 13 nitrogen and oxygen atoms in total. The van der Waals surface area contributed by atoms with Gasteiger partial charge in [-0.2, -0.15) is 22.8 Å². The molecule has 0 bridgehead atoms. The summed E-state index contributed by atoms with van der Waals surface area (Å²) < 4.78 is 85.8. The predicted octanol–water partition coefficient (Wildman–Crippen LogP) is 6.54. The number of aliphatic imine (C=N–C) groups is 2. The second-order valence-electron chi connectivity index (χ2n) is 12.8. The number of benzene rings is 4. The summed E-state index contributed by atoms with van der Waals surface area (Å²) in [4.78, 5) is 50.0. The Hall–Kier alpha value is -7.41. The van der Waals surface area contributed by atoms with Crippen molar-refractivity contribution in [3.05, 3.63) is 141 Å². The first-order chi connectivity index (χ1) is 29.0. The maximum atomic E-state index is 14.3. The van der Waals surface area contributed by atoms with Crippen molar-refractivity contribution in [3.63, 3.8) is 0 Å². The lowest BCUT2D eigenvalue weighted by molar-refractivity contribution is -0.129. The van der Waals surface area contributed by atoms with Crippen molar-refractivity contribution in [2.45, 2.75) is 50.9 Å². The molecule has 0 aliphatic carbocycles. The maximum absolute atomic E-state index is 14.3. The highest BCUT2D eigenvalue weighted by atomic mass is 19.3. The Morgan fingerprint density at radius 1 is 0.836 bits per heavy atom. The highest BCUT2D eigenvalue weighted by molar-refractivity contribution is 6.49. The number of amides is 1. The van der Waals surface area contributed by atoms with E-state index in [-0.39, 0.29) is 59.5 Å². The summed E-state index contributed by atoms with van der Waals surface area (Å²) in [6.45, 7) is 1.16. The van der Waals surface area contributed by atoms with Gasteiger partial charge in [-0.15, -0.1) is 0 Å². The van der Waals surface area contributed by atoms with Crippen LogP contribution in [0.25, 0.3) is 4.85 Å². The van der Waals surface area contributed by atoms with E-state index in [1.165, 1.54) is 85.7 Å². The molecule has 1 atom stereocenters. The summed E-state index contributed by atoms with van der Waals surface area (Å²) in [5, 5.41) is 8.53. The van der Waals surface area contributed by atoms with Crippen molar-refractivity contribution in [2.75, 3.05) is 20.6 Å². The minimum atomic E-state index is -2.99. The molecule has 6 N–H and O–H groups in total. The summed E-state index contributed by atoms with van der Waals surface area (Å²) >= 11 is 0. The molecule has 0 saturated carbocycles. The molecule has 4 aromatic rings. The van der Waals surface area contributed by atoms with Gasteiger partial charge < -0.3 is 31.5 Å². The Morgan fingerprint density at radius 3 is 1.80 bits per heavy atom. The zero-order valence-corrected chi connectivity index (χ0v) is 32.8. The van der Waals surface area contributed by atoms with Gasteiger partial charge in [-0.1, -0.05) is 18.2 Å². The number of nitriles is 1. The van der Waals surface area contributed by atoms with Crippen LogP contribution in [0.3, 0.4) is 0 Å². The van der Waals surface area contributed by atoms with Crippen LogP contribution < -0.4 is 26.7 Å². The zero-order valence-electron chi connectivity index (χ0n) is 32.8. The van der Waals surface area contributed by atoms with E-state index in [1.54, 1.807) is 0 Å². The van der Waals surface area contributed by atoms with Crippen molar-refractivity contribution in [1.29, 1.82) is 5.26 Å². The van der Waals surface area contributed by atoms with Gasteiger partial charge in [-0.3, -0.25) is 24.3 Å². The average molecular weight is 851 g/mol. The number of Topliss-reactive ketones (excluding diaryl/α,β-unsaturated/α-hetero) is 2. The fraction of sp³-hybridized carbons (Fsp3) is 0.262. The number of rotatable bonds is 15. The third-order valence-corrected chi connectivity index (χ3v) is 8.77. The summed E-state index contributed by atoms with van der Waals surface area (Å²) in [6.07, 6.45) is 1.75. The van der Waals surface area contributed by atoms with Crippen LogP contribution in [0.15, 0.2) is 94.9 Å². The van der Waals surface area contributed by atoms with Crippen LogP contribution in [0.2, 0.25) is 0 Å². The van der Waals surface area contributed by atoms with Crippen molar-refractivity contribution >= 4 is 29.4 Å². The Kier molecular flexibility index (Phi) is 17.8. The summed E-state index contributed by atoms with van der Waals surface area (Å²) in [5.74, 6) is -3.20. The van der Waals surface area contributed by atoms with Gasteiger partial charge in [-0.05, 0) is 108 Å². The smallest absolute Gasteiger partial charge is 0.387 e. The number of halogens is 6.